The van der Waals surface area contributed by atoms with Crippen LogP contribution in [-0.4, -0.2) is 17.3 Å². The molecule has 0 amide bonds. The van der Waals surface area contributed by atoms with Gasteiger partial charge in [0, 0.05) is 18.0 Å². The Labute approximate surface area is 78.4 Å². The van der Waals surface area contributed by atoms with Gasteiger partial charge in [0.1, 0.15) is 6.61 Å². The van der Waals surface area contributed by atoms with Crippen LogP contribution in [0.2, 0.25) is 0 Å². The lowest BCUT2D eigenvalue weighted by Crippen LogP contribution is -1.97. The van der Waals surface area contributed by atoms with E-state index in [1.54, 1.807) is 6.20 Å². The van der Waals surface area contributed by atoms with Gasteiger partial charge in [0.15, 0.2) is 0 Å². The van der Waals surface area contributed by atoms with Gasteiger partial charge >= 0.3 is 0 Å². The number of pyridine rings is 1. The summed E-state index contributed by atoms with van der Waals surface area (Å²) in [5.41, 5.74) is 3.00. The molecule has 0 saturated carbocycles. The quantitative estimate of drug-likeness (QED) is 0.525. The van der Waals surface area contributed by atoms with Crippen LogP contribution in [0, 0.1) is 6.92 Å². The van der Waals surface area contributed by atoms with Gasteiger partial charge in [-0.3, -0.25) is 4.98 Å². The van der Waals surface area contributed by atoms with Crippen molar-refractivity contribution < 1.29 is 4.84 Å². The Kier molecular flexibility index (Phi) is 3.43. The van der Waals surface area contributed by atoms with Gasteiger partial charge in [-0.1, -0.05) is 5.16 Å². The van der Waals surface area contributed by atoms with Gasteiger partial charge < -0.3 is 4.84 Å². The Morgan fingerprint density at radius 1 is 1.54 bits per heavy atom. The summed E-state index contributed by atoms with van der Waals surface area (Å²) in [6, 6.07) is 2.03. The van der Waals surface area contributed by atoms with E-state index < -0.39 is 0 Å². The van der Waals surface area contributed by atoms with Crippen LogP contribution >= 0.6 is 0 Å². The molecular weight excluding hydrogens is 164 g/mol. The third-order valence-electron chi connectivity index (χ3n) is 1.62. The van der Waals surface area contributed by atoms with Crippen LogP contribution in [-0.2, 0) is 4.84 Å². The third kappa shape index (κ3) is 2.86. The smallest absolute Gasteiger partial charge is 0.114 e. The average molecular weight is 178 g/mol. The van der Waals surface area contributed by atoms with E-state index in [1.807, 2.05) is 33.0 Å². The SMILES string of the molecule is CCO/N=C(/C)c1cncc(C)c1. The fourth-order valence-electron chi connectivity index (χ4n) is 0.967. The van der Waals surface area contributed by atoms with Gasteiger partial charge in [0.25, 0.3) is 0 Å². The first kappa shape index (κ1) is 9.71. The highest BCUT2D eigenvalue weighted by Gasteiger charge is 1.97. The Balaban J connectivity index is 2.82. The number of hydrogen-bond acceptors (Lipinski definition) is 3. The molecule has 0 N–H and O–H groups in total. The predicted molar refractivity (Wildman–Crippen MR) is 52.8 cm³/mol. The molecule has 0 bridgehead atoms. The standard InChI is InChI=1S/C10H14N2O/c1-4-13-12-9(3)10-5-8(2)6-11-7-10/h5-7H,4H2,1-3H3/b12-9-. The lowest BCUT2D eigenvalue weighted by Gasteiger charge is -2.00. The molecule has 1 aromatic rings. The Morgan fingerprint density at radius 3 is 2.92 bits per heavy atom. The first-order valence-corrected chi connectivity index (χ1v) is 4.32. The average Bonchev–Trinajstić information content (AvgIpc) is 2.14. The minimum Gasteiger partial charge on any atom is -0.396 e. The summed E-state index contributed by atoms with van der Waals surface area (Å²) in [5, 5.41) is 3.93. The van der Waals surface area contributed by atoms with Crippen molar-refractivity contribution in [2.75, 3.05) is 6.61 Å². The van der Waals surface area contributed by atoms with Crippen LogP contribution in [0.1, 0.15) is 25.0 Å². The molecule has 70 valence electrons. The summed E-state index contributed by atoms with van der Waals surface area (Å²) in [7, 11) is 0. The molecule has 3 heteroatoms. The maximum atomic E-state index is 4.95. The summed E-state index contributed by atoms with van der Waals surface area (Å²) in [6.45, 7) is 6.42. The van der Waals surface area contributed by atoms with Crippen LogP contribution in [0.4, 0.5) is 0 Å². The number of oxime groups is 1. The van der Waals surface area contributed by atoms with Gasteiger partial charge in [0.2, 0.25) is 0 Å². The van der Waals surface area contributed by atoms with Crippen molar-refractivity contribution in [1.29, 1.82) is 0 Å². The van der Waals surface area contributed by atoms with Crippen molar-refractivity contribution in [2.45, 2.75) is 20.8 Å². The summed E-state index contributed by atoms with van der Waals surface area (Å²) in [4.78, 5) is 9.03. The minimum absolute atomic E-state index is 0.594. The molecule has 0 aliphatic heterocycles. The molecule has 0 atom stereocenters. The summed E-state index contributed by atoms with van der Waals surface area (Å²) in [5.74, 6) is 0. The lowest BCUT2D eigenvalue weighted by atomic mass is 10.1. The minimum atomic E-state index is 0.594. The van der Waals surface area contributed by atoms with Crippen molar-refractivity contribution in [3.8, 4) is 0 Å². The summed E-state index contributed by atoms with van der Waals surface area (Å²) < 4.78 is 0. The zero-order chi connectivity index (χ0) is 9.68. The second kappa shape index (κ2) is 4.60. The predicted octanol–water partition coefficient (Wildman–Crippen LogP) is 2.15. The molecule has 0 fully saturated rings. The van der Waals surface area contributed by atoms with E-state index in [4.69, 9.17) is 4.84 Å². The van der Waals surface area contributed by atoms with Crippen molar-refractivity contribution in [2.24, 2.45) is 5.16 Å². The molecule has 1 heterocycles. The second-order valence-corrected chi connectivity index (χ2v) is 2.85. The van der Waals surface area contributed by atoms with E-state index in [9.17, 15) is 0 Å². The fraction of sp³-hybridized carbons (Fsp3) is 0.400. The van der Waals surface area contributed by atoms with E-state index >= 15 is 0 Å². The van der Waals surface area contributed by atoms with Crippen LogP contribution in [0.3, 0.4) is 0 Å². The molecule has 1 aromatic heterocycles. The highest BCUT2D eigenvalue weighted by Crippen LogP contribution is 2.03. The largest absolute Gasteiger partial charge is 0.396 e. The van der Waals surface area contributed by atoms with Crippen LogP contribution in [0.15, 0.2) is 23.6 Å². The van der Waals surface area contributed by atoms with E-state index in [2.05, 4.69) is 10.1 Å². The topological polar surface area (TPSA) is 34.5 Å². The molecule has 0 radical (unpaired) electrons. The van der Waals surface area contributed by atoms with Crippen molar-refractivity contribution in [1.82, 2.24) is 4.98 Å². The van der Waals surface area contributed by atoms with Crippen LogP contribution < -0.4 is 0 Å². The molecule has 13 heavy (non-hydrogen) atoms. The zero-order valence-electron chi connectivity index (χ0n) is 8.24. The third-order valence-corrected chi connectivity index (χ3v) is 1.62. The summed E-state index contributed by atoms with van der Waals surface area (Å²) in [6.07, 6.45) is 3.60. The Hall–Kier alpha value is -1.38. The van der Waals surface area contributed by atoms with Crippen molar-refractivity contribution >= 4 is 5.71 Å². The molecule has 0 saturated heterocycles. The second-order valence-electron chi connectivity index (χ2n) is 2.85. The maximum absolute atomic E-state index is 4.95. The number of aryl methyl sites for hydroxylation is 1. The van der Waals surface area contributed by atoms with E-state index in [-0.39, 0.29) is 0 Å². The maximum Gasteiger partial charge on any atom is 0.114 e. The molecule has 0 unspecified atom stereocenters. The van der Waals surface area contributed by atoms with Crippen molar-refractivity contribution in [3.05, 3.63) is 29.6 Å². The van der Waals surface area contributed by atoms with Gasteiger partial charge in [-0.15, -0.1) is 0 Å². The van der Waals surface area contributed by atoms with Gasteiger partial charge in [-0.25, -0.2) is 0 Å². The highest BCUT2D eigenvalue weighted by molar-refractivity contribution is 5.98. The molecule has 0 aliphatic carbocycles. The van der Waals surface area contributed by atoms with Crippen LogP contribution in [0.25, 0.3) is 0 Å². The first-order chi connectivity index (χ1) is 6.24. The van der Waals surface area contributed by atoms with Crippen molar-refractivity contribution in [3.63, 3.8) is 0 Å². The van der Waals surface area contributed by atoms with Gasteiger partial charge in [-0.05, 0) is 32.4 Å². The van der Waals surface area contributed by atoms with E-state index in [1.165, 1.54) is 0 Å². The highest BCUT2D eigenvalue weighted by atomic mass is 16.6. The number of aromatic nitrogens is 1. The van der Waals surface area contributed by atoms with Crippen LogP contribution in [0.5, 0.6) is 0 Å². The van der Waals surface area contributed by atoms with Gasteiger partial charge in [0.05, 0.1) is 5.71 Å². The number of rotatable bonds is 3. The molecule has 0 aliphatic rings. The molecule has 0 aromatic carbocycles. The molecule has 0 spiro atoms. The van der Waals surface area contributed by atoms with E-state index in [0.717, 1.165) is 16.8 Å². The first-order valence-electron chi connectivity index (χ1n) is 4.32. The zero-order valence-corrected chi connectivity index (χ0v) is 8.24. The Morgan fingerprint density at radius 2 is 2.31 bits per heavy atom. The fourth-order valence-corrected chi connectivity index (χ4v) is 0.967. The van der Waals surface area contributed by atoms with E-state index in [0.29, 0.717) is 6.61 Å². The Bertz CT molecular complexity index is 308. The molecule has 1 rings (SSSR count). The lowest BCUT2D eigenvalue weighted by molar-refractivity contribution is 0.159. The molecule has 3 nitrogen and oxygen atoms in total. The molecular formula is C10H14N2O. The number of nitrogens with zero attached hydrogens (tertiary/aromatic N) is 2. The summed E-state index contributed by atoms with van der Waals surface area (Å²) >= 11 is 0. The normalized spacial score (nSPS) is 11.5. The van der Waals surface area contributed by atoms with Gasteiger partial charge in [-0.2, -0.15) is 0 Å². The number of hydrogen-bond donors (Lipinski definition) is 0. The monoisotopic (exact) mass is 178 g/mol.